The lowest BCUT2D eigenvalue weighted by atomic mass is 10.1. The number of hydrogen-bond donors (Lipinski definition) is 3. The van der Waals surface area contributed by atoms with Crippen LogP contribution >= 0.6 is 22.9 Å². The van der Waals surface area contributed by atoms with Crippen molar-refractivity contribution in [3.8, 4) is 0 Å². The van der Waals surface area contributed by atoms with Crippen LogP contribution in [-0.2, 0) is 6.54 Å². The second-order valence-corrected chi connectivity index (χ2v) is 5.88. The van der Waals surface area contributed by atoms with Gasteiger partial charge >= 0.3 is 0 Å². The Morgan fingerprint density at radius 2 is 2.16 bits per heavy atom. The van der Waals surface area contributed by atoms with E-state index in [1.54, 1.807) is 6.07 Å². The Bertz CT molecular complexity index is 597. The van der Waals surface area contributed by atoms with Crippen molar-refractivity contribution in [2.24, 2.45) is 5.84 Å². The molecule has 0 aliphatic rings. The van der Waals surface area contributed by atoms with Crippen molar-refractivity contribution in [3.05, 3.63) is 50.7 Å². The highest BCUT2D eigenvalue weighted by Gasteiger charge is 2.11. The molecule has 0 saturated heterocycles. The van der Waals surface area contributed by atoms with E-state index < -0.39 is 0 Å². The molecule has 0 fully saturated rings. The van der Waals surface area contributed by atoms with E-state index in [2.05, 4.69) is 10.7 Å². The zero-order valence-corrected chi connectivity index (χ0v) is 11.9. The molecule has 1 amide bonds. The summed E-state index contributed by atoms with van der Waals surface area (Å²) in [5, 5.41) is 2.84. The highest BCUT2D eigenvalue weighted by molar-refractivity contribution is 7.16. The predicted octanol–water partition coefficient (Wildman–Crippen LogP) is 2.93. The van der Waals surface area contributed by atoms with Gasteiger partial charge in [0.25, 0.3) is 5.91 Å². The normalized spacial score (nSPS) is 10.3. The molecular weight excluding hydrogens is 282 g/mol. The number of rotatable bonds is 4. The highest BCUT2D eigenvalue weighted by Crippen LogP contribution is 2.21. The summed E-state index contributed by atoms with van der Waals surface area (Å²) in [4.78, 5) is 13.1. The Morgan fingerprint density at radius 3 is 2.79 bits per heavy atom. The fourth-order valence-electron chi connectivity index (χ4n) is 1.68. The molecular formula is C13H14ClN3OS. The van der Waals surface area contributed by atoms with Gasteiger partial charge in [-0.25, -0.2) is 0 Å². The van der Waals surface area contributed by atoms with Crippen LogP contribution in [0.3, 0.4) is 0 Å². The van der Waals surface area contributed by atoms with E-state index in [-0.39, 0.29) is 5.91 Å². The molecule has 4 nitrogen and oxygen atoms in total. The van der Waals surface area contributed by atoms with Crippen molar-refractivity contribution < 1.29 is 4.79 Å². The number of aryl methyl sites for hydroxylation is 1. The first-order chi connectivity index (χ1) is 9.10. The number of benzene rings is 1. The summed E-state index contributed by atoms with van der Waals surface area (Å²) in [5.41, 5.74) is 4.71. The average molecular weight is 296 g/mol. The molecule has 1 aromatic heterocycles. The third-order valence-corrected chi connectivity index (χ3v) is 3.86. The first kappa shape index (κ1) is 13.9. The summed E-state index contributed by atoms with van der Waals surface area (Å²) in [6.07, 6.45) is 0. The smallest absolute Gasteiger partial charge is 0.253 e. The zero-order chi connectivity index (χ0) is 13.8. The van der Waals surface area contributed by atoms with Gasteiger partial charge in [0.15, 0.2) is 0 Å². The van der Waals surface area contributed by atoms with Crippen LogP contribution < -0.4 is 16.6 Å². The summed E-state index contributed by atoms with van der Waals surface area (Å²) in [5.74, 6) is 5.25. The van der Waals surface area contributed by atoms with E-state index in [9.17, 15) is 4.79 Å². The van der Waals surface area contributed by atoms with Gasteiger partial charge in [0.05, 0.1) is 22.1 Å². The summed E-state index contributed by atoms with van der Waals surface area (Å²) in [6, 6.07) is 9.16. The zero-order valence-electron chi connectivity index (χ0n) is 10.4. The molecule has 0 atom stereocenters. The monoisotopic (exact) mass is 295 g/mol. The first-order valence-corrected chi connectivity index (χ1v) is 6.89. The van der Waals surface area contributed by atoms with Gasteiger partial charge < -0.3 is 10.7 Å². The minimum Gasteiger partial charge on any atom is -0.347 e. The van der Waals surface area contributed by atoms with E-state index >= 15 is 0 Å². The second-order valence-electron chi connectivity index (χ2n) is 4.08. The van der Waals surface area contributed by atoms with Crippen molar-refractivity contribution in [1.82, 2.24) is 5.32 Å². The van der Waals surface area contributed by atoms with Gasteiger partial charge in [-0.2, -0.15) is 0 Å². The lowest BCUT2D eigenvalue weighted by Crippen LogP contribution is -2.24. The van der Waals surface area contributed by atoms with Gasteiger partial charge in [-0.1, -0.05) is 17.7 Å². The van der Waals surface area contributed by atoms with Crippen LogP contribution in [-0.4, -0.2) is 5.91 Å². The number of nitrogens with two attached hydrogens (primary N) is 1. The lowest BCUT2D eigenvalue weighted by molar-refractivity contribution is 0.0952. The van der Waals surface area contributed by atoms with E-state index in [0.29, 0.717) is 22.1 Å². The Hall–Kier alpha value is -1.56. The lowest BCUT2D eigenvalue weighted by Gasteiger charge is -2.10. The number of carbonyl (C=O) groups excluding carboxylic acids is 1. The summed E-state index contributed by atoms with van der Waals surface area (Å²) in [6.45, 7) is 2.39. The average Bonchev–Trinajstić information content (AvgIpc) is 2.81. The van der Waals surface area contributed by atoms with E-state index in [0.717, 1.165) is 10.4 Å². The van der Waals surface area contributed by atoms with Crippen molar-refractivity contribution in [2.45, 2.75) is 13.5 Å². The maximum Gasteiger partial charge on any atom is 0.253 e. The highest BCUT2D eigenvalue weighted by atomic mass is 35.5. The van der Waals surface area contributed by atoms with Crippen LogP contribution in [0.2, 0.25) is 4.34 Å². The van der Waals surface area contributed by atoms with Gasteiger partial charge in [0.1, 0.15) is 0 Å². The maximum absolute atomic E-state index is 12.1. The molecule has 0 aliphatic heterocycles. The molecule has 2 aromatic rings. The number of amides is 1. The topological polar surface area (TPSA) is 67.2 Å². The van der Waals surface area contributed by atoms with Crippen molar-refractivity contribution in [2.75, 3.05) is 5.43 Å². The molecule has 2 rings (SSSR count). The molecule has 100 valence electrons. The van der Waals surface area contributed by atoms with E-state index in [1.165, 1.54) is 11.3 Å². The van der Waals surface area contributed by atoms with Crippen LogP contribution in [0, 0.1) is 6.92 Å². The van der Waals surface area contributed by atoms with Crippen molar-refractivity contribution in [3.63, 3.8) is 0 Å². The van der Waals surface area contributed by atoms with Gasteiger partial charge in [0, 0.05) is 4.88 Å². The molecule has 0 spiro atoms. The number of carbonyl (C=O) groups is 1. The molecule has 0 unspecified atom stereocenters. The second kappa shape index (κ2) is 6.06. The van der Waals surface area contributed by atoms with Gasteiger partial charge in [-0.15, -0.1) is 11.3 Å². The minimum absolute atomic E-state index is 0.169. The Labute approximate surface area is 120 Å². The van der Waals surface area contributed by atoms with Gasteiger partial charge in [0.2, 0.25) is 0 Å². The fourth-order valence-corrected chi connectivity index (χ4v) is 2.71. The maximum atomic E-state index is 12.1. The molecule has 1 heterocycles. The number of hydrogen-bond acceptors (Lipinski definition) is 4. The number of nitrogens with one attached hydrogen (secondary N) is 2. The molecule has 19 heavy (non-hydrogen) atoms. The molecule has 0 saturated carbocycles. The number of halogens is 1. The standard InChI is InChI=1S/C13H14ClN3OS/c1-8-2-4-10(11(6-8)17-15)13(18)16-7-9-3-5-12(14)19-9/h2-6,17H,7,15H2,1H3,(H,16,18). The van der Waals surface area contributed by atoms with Crippen LogP contribution in [0.25, 0.3) is 0 Å². The first-order valence-electron chi connectivity index (χ1n) is 5.70. The molecule has 1 aromatic carbocycles. The summed E-state index contributed by atoms with van der Waals surface area (Å²) in [7, 11) is 0. The fraction of sp³-hybridized carbons (Fsp3) is 0.154. The molecule has 0 radical (unpaired) electrons. The SMILES string of the molecule is Cc1ccc(C(=O)NCc2ccc(Cl)s2)c(NN)c1. The van der Waals surface area contributed by atoms with Crippen LogP contribution in [0.15, 0.2) is 30.3 Å². The van der Waals surface area contributed by atoms with E-state index in [4.69, 9.17) is 17.4 Å². The third-order valence-electron chi connectivity index (χ3n) is 2.63. The molecule has 0 bridgehead atoms. The van der Waals surface area contributed by atoms with Crippen molar-refractivity contribution in [1.29, 1.82) is 0 Å². The quantitative estimate of drug-likeness (QED) is 0.600. The van der Waals surface area contributed by atoms with Crippen LogP contribution in [0.1, 0.15) is 20.8 Å². The number of anilines is 1. The van der Waals surface area contributed by atoms with Crippen molar-refractivity contribution >= 4 is 34.5 Å². The Morgan fingerprint density at radius 1 is 1.37 bits per heavy atom. The largest absolute Gasteiger partial charge is 0.347 e. The van der Waals surface area contributed by atoms with Crippen LogP contribution in [0.5, 0.6) is 0 Å². The molecule has 0 aliphatic carbocycles. The van der Waals surface area contributed by atoms with Gasteiger partial charge in [-0.05, 0) is 36.8 Å². The Balaban J connectivity index is 2.07. The number of hydrazine groups is 1. The van der Waals surface area contributed by atoms with Crippen LogP contribution in [0.4, 0.5) is 5.69 Å². The molecule has 4 N–H and O–H groups in total. The minimum atomic E-state index is -0.169. The number of thiophene rings is 1. The summed E-state index contributed by atoms with van der Waals surface area (Å²) >= 11 is 7.28. The van der Waals surface area contributed by atoms with Gasteiger partial charge in [-0.3, -0.25) is 10.6 Å². The third kappa shape index (κ3) is 3.47. The summed E-state index contributed by atoms with van der Waals surface area (Å²) < 4.78 is 0.712. The predicted molar refractivity (Wildman–Crippen MR) is 79.5 cm³/mol. The Kier molecular flexibility index (Phi) is 4.42. The molecule has 6 heteroatoms. The number of nitrogen functional groups attached to an aromatic ring is 1. The van der Waals surface area contributed by atoms with E-state index in [1.807, 2.05) is 31.2 Å².